The molecule has 1 aliphatic heterocycles. The second-order valence-electron chi connectivity index (χ2n) is 8.99. The Balaban J connectivity index is 2.95. The minimum absolute atomic E-state index is 0.101. The first-order chi connectivity index (χ1) is 10.7. The molecule has 1 saturated heterocycles. The second kappa shape index (κ2) is 7.18. The third kappa shape index (κ3) is 5.07. The molecule has 24 heavy (non-hydrogen) atoms. The van der Waals surface area contributed by atoms with Crippen LogP contribution in [0.5, 0.6) is 0 Å². The average Bonchev–Trinajstić information content (AvgIpc) is 2.70. The van der Waals surface area contributed by atoms with Crippen LogP contribution < -0.4 is 0 Å². The number of hydrogen-bond donors (Lipinski definition) is 0. The average molecular weight is 358 g/mol. The molecule has 1 aliphatic rings. The van der Waals surface area contributed by atoms with Crippen molar-refractivity contribution in [2.24, 2.45) is 0 Å². The Kier molecular flexibility index (Phi) is 6.34. The highest BCUT2D eigenvalue weighted by Gasteiger charge is 2.46. The van der Waals surface area contributed by atoms with Crippen molar-refractivity contribution >= 4 is 14.3 Å². The van der Waals surface area contributed by atoms with Crippen molar-refractivity contribution in [3.63, 3.8) is 0 Å². The summed E-state index contributed by atoms with van der Waals surface area (Å²) >= 11 is 0. The van der Waals surface area contributed by atoms with Gasteiger partial charge in [-0.3, -0.25) is 0 Å². The second-order valence-corrected chi connectivity index (χ2v) is 13.7. The number of esters is 1. The highest BCUT2D eigenvalue weighted by molar-refractivity contribution is 6.74. The van der Waals surface area contributed by atoms with E-state index in [9.17, 15) is 4.79 Å². The van der Waals surface area contributed by atoms with Gasteiger partial charge in [-0.25, -0.2) is 4.79 Å². The number of carbonyl (C=O) groups is 1. The van der Waals surface area contributed by atoms with Crippen LogP contribution in [0.15, 0.2) is 12.3 Å². The summed E-state index contributed by atoms with van der Waals surface area (Å²) in [4.78, 5) is 14.1. The first-order valence-electron chi connectivity index (χ1n) is 8.54. The third-order valence-electron chi connectivity index (χ3n) is 4.91. The summed E-state index contributed by atoms with van der Waals surface area (Å²) in [5, 5.41) is 0.101. The Labute approximate surface area is 148 Å². The highest BCUT2D eigenvalue weighted by atomic mass is 28.4. The smallest absolute Gasteiger partial charge is 0.328 e. The molecule has 0 aromatic rings. The number of carbonyl (C=O) groups excluding carboxylic acids is 1. The molecule has 0 aromatic carbocycles. The van der Waals surface area contributed by atoms with Crippen LogP contribution in [0.25, 0.3) is 0 Å². The van der Waals surface area contributed by atoms with Crippen molar-refractivity contribution in [1.29, 1.82) is 0 Å². The number of nitrogens with zero attached hydrogens (tertiary/aromatic N) is 1. The van der Waals surface area contributed by atoms with Gasteiger partial charge in [-0.1, -0.05) is 27.4 Å². The van der Waals surface area contributed by atoms with Gasteiger partial charge in [0, 0.05) is 12.1 Å². The van der Waals surface area contributed by atoms with Crippen LogP contribution in [0.1, 0.15) is 48.0 Å². The number of methoxy groups -OCH3 is 1. The number of likely N-dealkylation sites (tertiary alicyclic amines) is 1. The Bertz CT molecular complexity index is 476. The molecule has 0 unspecified atom stereocenters. The molecule has 5 nitrogen and oxygen atoms in total. The van der Waals surface area contributed by atoms with Gasteiger partial charge in [-0.2, -0.15) is 0 Å². The maximum atomic E-state index is 12.2. The fraction of sp³-hybridized carbons (Fsp3) is 0.833. The van der Waals surface area contributed by atoms with Crippen molar-refractivity contribution in [2.75, 3.05) is 13.8 Å². The first kappa shape index (κ1) is 21.2. The molecule has 0 radical (unpaired) electrons. The van der Waals surface area contributed by atoms with Gasteiger partial charge in [-0.05, 0) is 38.9 Å². The normalized spacial score (nSPS) is 22.9. The SMILES string of the molecule is C=C1[C@H](O[Si](C)(C)C(C)(C)C)C[C@@H](C(=O)OC)N1COC(C)(C)C. The topological polar surface area (TPSA) is 48.0 Å². The highest BCUT2D eigenvalue weighted by Crippen LogP contribution is 2.41. The Hall–Kier alpha value is -0.853. The largest absolute Gasteiger partial charge is 0.467 e. The zero-order valence-corrected chi connectivity index (χ0v) is 17.9. The molecule has 1 heterocycles. The minimum atomic E-state index is -1.96. The van der Waals surface area contributed by atoms with Crippen molar-refractivity contribution in [2.45, 2.75) is 83.8 Å². The number of ether oxygens (including phenoxy) is 2. The van der Waals surface area contributed by atoms with E-state index >= 15 is 0 Å². The predicted molar refractivity (Wildman–Crippen MR) is 99.2 cm³/mol. The van der Waals surface area contributed by atoms with E-state index in [2.05, 4.69) is 40.4 Å². The van der Waals surface area contributed by atoms with Crippen LogP contribution in [-0.4, -0.2) is 50.8 Å². The molecule has 0 spiro atoms. The van der Waals surface area contributed by atoms with E-state index in [-0.39, 0.29) is 22.7 Å². The molecule has 0 N–H and O–H groups in total. The van der Waals surface area contributed by atoms with Gasteiger partial charge in [0.05, 0.1) is 18.8 Å². The van der Waals surface area contributed by atoms with Gasteiger partial charge in [0.15, 0.2) is 8.32 Å². The van der Waals surface area contributed by atoms with E-state index in [4.69, 9.17) is 13.9 Å². The van der Waals surface area contributed by atoms with Gasteiger partial charge in [0.1, 0.15) is 12.8 Å². The van der Waals surface area contributed by atoms with Crippen molar-refractivity contribution in [1.82, 2.24) is 4.90 Å². The summed E-state index contributed by atoms with van der Waals surface area (Å²) in [7, 11) is -0.543. The fourth-order valence-corrected chi connectivity index (χ4v) is 3.59. The molecular formula is C18H35NO4Si. The van der Waals surface area contributed by atoms with E-state index in [1.54, 1.807) is 0 Å². The predicted octanol–water partition coefficient (Wildman–Crippen LogP) is 3.91. The van der Waals surface area contributed by atoms with Crippen LogP contribution in [0, 0.1) is 0 Å². The summed E-state index contributed by atoms with van der Waals surface area (Å²) in [5.74, 6) is -0.269. The van der Waals surface area contributed by atoms with Crippen molar-refractivity contribution < 1.29 is 18.7 Å². The van der Waals surface area contributed by atoms with Gasteiger partial charge in [-0.15, -0.1) is 0 Å². The molecular weight excluding hydrogens is 322 g/mol. The van der Waals surface area contributed by atoms with Crippen molar-refractivity contribution in [3.8, 4) is 0 Å². The standard InChI is InChI=1S/C18H35NO4Si/c1-13-15(23-24(9,10)18(5,6)7)11-14(16(20)21-8)19(13)12-22-17(2,3)4/h14-15H,1,11-12H2,2-10H3/t14-,15+/m0/s1. The Morgan fingerprint density at radius 3 is 2.21 bits per heavy atom. The van der Waals surface area contributed by atoms with Crippen LogP contribution in [0.3, 0.4) is 0 Å². The molecule has 0 bridgehead atoms. The first-order valence-corrected chi connectivity index (χ1v) is 11.5. The van der Waals surface area contributed by atoms with Gasteiger partial charge >= 0.3 is 5.97 Å². The lowest BCUT2D eigenvalue weighted by atomic mass is 10.2. The summed E-state index contributed by atoms with van der Waals surface area (Å²) in [5.41, 5.74) is 0.513. The summed E-state index contributed by atoms with van der Waals surface area (Å²) in [6, 6.07) is -0.403. The van der Waals surface area contributed by atoms with Gasteiger partial charge in [0.25, 0.3) is 0 Å². The lowest BCUT2D eigenvalue weighted by Gasteiger charge is -2.38. The molecule has 0 saturated carbocycles. The molecule has 0 amide bonds. The number of rotatable bonds is 5. The molecule has 1 fully saturated rings. The summed E-state index contributed by atoms with van der Waals surface area (Å²) in [6.07, 6.45) is 0.393. The Morgan fingerprint density at radius 2 is 1.79 bits per heavy atom. The van der Waals surface area contributed by atoms with E-state index in [0.29, 0.717) is 13.2 Å². The lowest BCUT2D eigenvalue weighted by Crippen LogP contribution is -2.44. The third-order valence-corrected chi connectivity index (χ3v) is 9.39. The zero-order chi connectivity index (χ0) is 18.9. The molecule has 6 heteroatoms. The molecule has 140 valence electrons. The summed E-state index contributed by atoms with van der Waals surface area (Å²) < 4.78 is 17.3. The zero-order valence-electron chi connectivity index (χ0n) is 16.9. The van der Waals surface area contributed by atoms with Crippen LogP contribution in [0.2, 0.25) is 18.1 Å². The maximum absolute atomic E-state index is 12.2. The van der Waals surface area contributed by atoms with Crippen LogP contribution in [-0.2, 0) is 18.7 Å². The molecule has 0 aromatic heterocycles. The van der Waals surface area contributed by atoms with E-state index in [1.807, 2.05) is 25.7 Å². The van der Waals surface area contributed by atoms with Gasteiger partial charge in [0.2, 0.25) is 0 Å². The minimum Gasteiger partial charge on any atom is -0.467 e. The van der Waals surface area contributed by atoms with Crippen LogP contribution >= 0.6 is 0 Å². The number of hydrogen-bond acceptors (Lipinski definition) is 5. The van der Waals surface area contributed by atoms with Crippen molar-refractivity contribution in [3.05, 3.63) is 12.3 Å². The molecule has 0 aliphatic carbocycles. The quantitative estimate of drug-likeness (QED) is 0.551. The van der Waals surface area contributed by atoms with Gasteiger partial charge < -0.3 is 18.8 Å². The monoisotopic (exact) mass is 357 g/mol. The summed E-state index contributed by atoms with van der Waals surface area (Å²) in [6.45, 7) is 21.5. The van der Waals surface area contributed by atoms with E-state index in [0.717, 1.165) is 5.70 Å². The fourth-order valence-electron chi connectivity index (χ4n) is 2.30. The lowest BCUT2D eigenvalue weighted by molar-refractivity contribution is -0.149. The molecule has 2 atom stereocenters. The maximum Gasteiger partial charge on any atom is 0.328 e. The van der Waals surface area contributed by atoms with Crippen LogP contribution in [0.4, 0.5) is 0 Å². The Morgan fingerprint density at radius 1 is 1.25 bits per heavy atom. The van der Waals surface area contributed by atoms with E-state index < -0.39 is 14.4 Å². The van der Waals surface area contributed by atoms with E-state index in [1.165, 1.54) is 7.11 Å². The molecule has 1 rings (SSSR count).